The van der Waals surface area contributed by atoms with E-state index >= 15 is 0 Å². The summed E-state index contributed by atoms with van der Waals surface area (Å²) in [7, 11) is 0. The maximum Gasteiger partial charge on any atom is 0.305 e. The SMILES string of the molecule is Cc1cccc(NC(=O)CN2C(=O)[C@H]3[C@@H]4C[C@H]([C@@H]3C2=O)[C@H]2[C@H](c3ccccc3)c3sc(=O)[nH]c3S[C@H]42)c1. The third kappa shape index (κ3) is 3.47. The van der Waals surface area contributed by atoms with Crippen molar-refractivity contribution in [3.8, 4) is 0 Å². The van der Waals surface area contributed by atoms with E-state index in [1.807, 2.05) is 43.3 Å². The van der Waals surface area contributed by atoms with Gasteiger partial charge in [0, 0.05) is 21.7 Å². The average molecular weight is 532 g/mol. The van der Waals surface area contributed by atoms with Gasteiger partial charge in [0.05, 0.1) is 16.9 Å². The summed E-state index contributed by atoms with van der Waals surface area (Å²) in [4.78, 5) is 57.5. The number of hydrogen-bond donors (Lipinski definition) is 2. The van der Waals surface area contributed by atoms with Crippen LogP contribution in [0.1, 0.15) is 28.3 Å². The van der Waals surface area contributed by atoms with E-state index in [2.05, 4.69) is 22.4 Å². The standard InChI is InChI=1S/C28H25N3O4S2/c1-13-6-5-9-15(10-13)29-18(32)12-31-26(33)21-16-11-17(22(21)27(31)34)23-20(16)19(14-7-3-2-4-8-14)24-25(36-23)30-28(35)37-24/h2-10,16-17,19-23H,11-12H2,1H3,(H,29,32)(H,30,35)/t16-,17-,19-,20-,21-,22-,23+/m0/s1. The van der Waals surface area contributed by atoms with Gasteiger partial charge in [-0.3, -0.25) is 24.1 Å². The summed E-state index contributed by atoms with van der Waals surface area (Å²) in [6, 6.07) is 17.6. The van der Waals surface area contributed by atoms with Gasteiger partial charge in [-0.25, -0.2) is 0 Å². The largest absolute Gasteiger partial charge is 0.325 e. The Hall–Kier alpha value is -3.17. The first-order valence-electron chi connectivity index (χ1n) is 12.6. The molecule has 7 atom stereocenters. The van der Waals surface area contributed by atoms with E-state index in [1.165, 1.54) is 16.2 Å². The molecule has 9 heteroatoms. The average Bonchev–Trinajstić information content (AvgIpc) is 3.60. The number of nitrogens with one attached hydrogen (secondary N) is 2. The van der Waals surface area contributed by atoms with Crippen LogP contribution in [0.5, 0.6) is 0 Å². The number of carbonyl (C=O) groups is 3. The predicted molar refractivity (Wildman–Crippen MR) is 141 cm³/mol. The number of likely N-dealkylation sites (tertiary alicyclic amines) is 1. The molecule has 7 rings (SSSR count). The highest BCUT2D eigenvalue weighted by Gasteiger charge is 2.69. The van der Waals surface area contributed by atoms with E-state index < -0.39 is 5.92 Å². The minimum absolute atomic E-state index is 0.0175. The number of thioether (sulfide) groups is 1. The highest BCUT2D eigenvalue weighted by atomic mass is 32.2. The number of anilines is 1. The Bertz CT molecular complexity index is 1500. The molecular formula is C28H25N3O4S2. The van der Waals surface area contributed by atoms with Gasteiger partial charge in [0.2, 0.25) is 17.7 Å². The summed E-state index contributed by atoms with van der Waals surface area (Å²) in [6.45, 7) is 1.68. The fraction of sp³-hybridized carbons (Fsp3) is 0.357. The predicted octanol–water partition coefficient (Wildman–Crippen LogP) is 3.86. The van der Waals surface area contributed by atoms with Gasteiger partial charge in [0.1, 0.15) is 6.54 Å². The maximum absolute atomic E-state index is 13.7. The molecule has 3 amide bonds. The van der Waals surface area contributed by atoms with Gasteiger partial charge in [0.15, 0.2) is 0 Å². The van der Waals surface area contributed by atoms with Crippen molar-refractivity contribution in [3.63, 3.8) is 0 Å². The van der Waals surface area contributed by atoms with Gasteiger partial charge >= 0.3 is 4.87 Å². The van der Waals surface area contributed by atoms with Gasteiger partial charge < -0.3 is 10.3 Å². The van der Waals surface area contributed by atoms with Crippen molar-refractivity contribution < 1.29 is 14.4 Å². The molecule has 2 N–H and O–H groups in total. The number of hydrogen-bond acceptors (Lipinski definition) is 6. The van der Waals surface area contributed by atoms with E-state index in [4.69, 9.17) is 0 Å². The van der Waals surface area contributed by atoms with Crippen molar-refractivity contribution in [1.29, 1.82) is 0 Å². The Kier molecular flexibility index (Phi) is 5.23. The minimum atomic E-state index is -0.394. The van der Waals surface area contributed by atoms with E-state index in [0.29, 0.717) is 5.69 Å². The summed E-state index contributed by atoms with van der Waals surface area (Å²) in [5.74, 6) is -1.31. The molecule has 3 heterocycles. The molecular weight excluding hydrogens is 506 g/mol. The monoisotopic (exact) mass is 531 g/mol. The molecule has 0 spiro atoms. The van der Waals surface area contributed by atoms with Gasteiger partial charge in [-0.15, -0.1) is 11.8 Å². The van der Waals surface area contributed by atoms with Gasteiger partial charge in [-0.2, -0.15) is 0 Å². The number of amides is 3. The molecule has 2 aromatic carbocycles. The first kappa shape index (κ1) is 23.0. The summed E-state index contributed by atoms with van der Waals surface area (Å²) >= 11 is 2.93. The zero-order chi connectivity index (χ0) is 25.4. The quantitative estimate of drug-likeness (QED) is 0.498. The van der Waals surface area contributed by atoms with E-state index in [1.54, 1.807) is 17.8 Å². The summed E-state index contributed by atoms with van der Waals surface area (Å²) < 4.78 is 0. The molecule has 37 heavy (non-hydrogen) atoms. The number of aryl methyl sites for hydroxylation is 1. The lowest BCUT2D eigenvalue weighted by molar-refractivity contribution is -0.143. The third-order valence-electron chi connectivity index (χ3n) is 8.58. The highest BCUT2D eigenvalue weighted by Crippen LogP contribution is 2.68. The van der Waals surface area contributed by atoms with Crippen LogP contribution in [0.25, 0.3) is 0 Å². The van der Waals surface area contributed by atoms with Crippen molar-refractivity contribution in [3.05, 3.63) is 80.3 Å². The lowest BCUT2D eigenvalue weighted by Crippen LogP contribution is -2.42. The number of thiazole rings is 1. The molecule has 7 nitrogen and oxygen atoms in total. The van der Waals surface area contributed by atoms with Crippen LogP contribution in [0.15, 0.2) is 64.4 Å². The maximum atomic E-state index is 13.7. The van der Waals surface area contributed by atoms with Crippen LogP contribution < -0.4 is 10.2 Å². The number of carbonyl (C=O) groups excluding carboxylic acids is 3. The molecule has 0 unspecified atom stereocenters. The molecule has 188 valence electrons. The van der Waals surface area contributed by atoms with E-state index in [0.717, 1.165) is 27.5 Å². The fourth-order valence-corrected chi connectivity index (χ4v) is 10.2. The van der Waals surface area contributed by atoms with Crippen LogP contribution in [-0.2, 0) is 14.4 Å². The molecule has 1 saturated heterocycles. The molecule has 3 aromatic rings. The van der Waals surface area contributed by atoms with Crippen molar-refractivity contribution in [1.82, 2.24) is 9.88 Å². The Morgan fingerprint density at radius 1 is 1.03 bits per heavy atom. The number of aromatic amines is 1. The Morgan fingerprint density at radius 2 is 1.78 bits per heavy atom. The van der Waals surface area contributed by atoms with Crippen LogP contribution >= 0.6 is 23.1 Å². The number of rotatable bonds is 4. The number of H-pyrrole nitrogens is 1. The fourth-order valence-electron chi connectivity index (χ4n) is 7.33. The van der Waals surface area contributed by atoms with Gasteiger partial charge in [0.25, 0.3) is 0 Å². The zero-order valence-electron chi connectivity index (χ0n) is 20.0. The lowest BCUT2D eigenvalue weighted by Gasteiger charge is -2.43. The Labute approximate surface area is 221 Å². The Morgan fingerprint density at radius 3 is 2.54 bits per heavy atom. The second kappa shape index (κ2) is 8.43. The first-order valence-corrected chi connectivity index (χ1v) is 14.3. The zero-order valence-corrected chi connectivity index (χ0v) is 21.7. The topological polar surface area (TPSA) is 99.3 Å². The molecule has 4 aliphatic rings. The molecule has 2 aliphatic heterocycles. The number of benzene rings is 2. The second-order valence-corrected chi connectivity index (χ2v) is 12.8. The van der Waals surface area contributed by atoms with Crippen molar-refractivity contribution in [2.75, 3.05) is 11.9 Å². The normalized spacial score (nSPS) is 31.3. The Balaban J connectivity index is 1.19. The molecule has 0 radical (unpaired) electrons. The van der Waals surface area contributed by atoms with E-state index in [-0.39, 0.29) is 64.0 Å². The number of aromatic nitrogens is 1. The minimum Gasteiger partial charge on any atom is -0.325 e. The number of imide groups is 1. The van der Waals surface area contributed by atoms with Crippen LogP contribution in [0.3, 0.4) is 0 Å². The molecule has 2 aliphatic carbocycles. The summed E-state index contributed by atoms with van der Waals surface area (Å²) in [6.07, 6.45) is 0.834. The third-order valence-corrected chi connectivity index (χ3v) is 11.2. The number of nitrogens with zero attached hydrogens (tertiary/aromatic N) is 1. The number of fused-ring (bicyclic) bond motifs is 9. The first-order chi connectivity index (χ1) is 17.9. The molecule has 3 fully saturated rings. The summed E-state index contributed by atoms with van der Waals surface area (Å²) in [5, 5.41) is 3.87. The molecule has 2 saturated carbocycles. The van der Waals surface area contributed by atoms with Crippen LogP contribution in [0.2, 0.25) is 0 Å². The van der Waals surface area contributed by atoms with Crippen molar-refractivity contribution >= 4 is 46.5 Å². The van der Waals surface area contributed by atoms with Gasteiger partial charge in [-0.05, 0) is 54.4 Å². The van der Waals surface area contributed by atoms with Crippen molar-refractivity contribution in [2.45, 2.75) is 29.5 Å². The molecule has 2 bridgehead atoms. The van der Waals surface area contributed by atoms with Crippen molar-refractivity contribution in [2.24, 2.45) is 29.6 Å². The highest BCUT2D eigenvalue weighted by molar-refractivity contribution is 8.00. The van der Waals surface area contributed by atoms with Crippen LogP contribution in [-0.4, -0.2) is 39.4 Å². The van der Waals surface area contributed by atoms with Gasteiger partial charge in [-0.1, -0.05) is 53.8 Å². The van der Waals surface area contributed by atoms with E-state index in [9.17, 15) is 19.2 Å². The lowest BCUT2D eigenvalue weighted by atomic mass is 9.68. The smallest absolute Gasteiger partial charge is 0.305 e. The van der Waals surface area contributed by atoms with Crippen LogP contribution in [0, 0.1) is 36.5 Å². The second-order valence-electron chi connectivity index (χ2n) is 10.6. The summed E-state index contributed by atoms with van der Waals surface area (Å²) in [5.41, 5.74) is 2.81. The van der Waals surface area contributed by atoms with Crippen LogP contribution in [0.4, 0.5) is 5.69 Å². The molecule has 1 aromatic heterocycles.